The Balaban J connectivity index is 0.979. The molecule has 0 saturated carbocycles. The summed E-state index contributed by atoms with van der Waals surface area (Å²) in [4.78, 5) is 0. The molecule has 0 fully saturated rings. The van der Waals surface area contributed by atoms with Crippen LogP contribution in [0.4, 0.5) is 0 Å². The Kier molecular flexibility index (Phi) is 7.95. The number of rotatable bonds is 6. The summed E-state index contributed by atoms with van der Waals surface area (Å²) in [6.45, 7) is 0. The van der Waals surface area contributed by atoms with Crippen molar-refractivity contribution in [2.45, 2.75) is 0 Å². The van der Waals surface area contributed by atoms with E-state index < -0.39 is 0 Å². The van der Waals surface area contributed by atoms with Gasteiger partial charge < -0.3 is 18.1 Å². The highest BCUT2D eigenvalue weighted by Crippen LogP contribution is 2.42. The molecule has 0 unspecified atom stereocenters. The van der Waals surface area contributed by atoms with E-state index in [2.05, 4.69) is 244 Å². The average Bonchev–Trinajstić information content (AvgIpc) is 4.14. The zero-order chi connectivity index (χ0) is 43.3. The summed E-state index contributed by atoms with van der Waals surface area (Å²) < 4.78 is 13.3. The fourth-order valence-corrected chi connectivity index (χ4v) is 10.7. The minimum atomic E-state index is 0.871. The van der Waals surface area contributed by atoms with Crippen LogP contribution in [0, 0.1) is 0 Å². The molecule has 0 saturated heterocycles. The van der Waals surface area contributed by atoms with Crippen molar-refractivity contribution < 1.29 is 4.42 Å². The average molecular weight is 842 g/mol. The van der Waals surface area contributed by atoms with Gasteiger partial charge in [0, 0.05) is 60.3 Å². The third-order valence-electron chi connectivity index (χ3n) is 13.7. The summed E-state index contributed by atoms with van der Waals surface area (Å²) in [6, 6.07) is 83.8. The van der Waals surface area contributed by atoms with Crippen molar-refractivity contribution >= 4 is 76.4 Å². The maximum absolute atomic E-state index is 6.14. The zero-order valence-electron chi connectivity index (χ0n) is 35.8. The van der Waals surface area contributed by atoms with Gasteiger partial charge in [-0.1, -0.05) is 127 Å². The molecule has 4 aromatic heterocycles. The van der Waals surface area contributed by atoms with Crippen LogP contribution in [0.5, 0.6) is 0 Å². The summed E-state index contributed by atoms with van der Waals surface area (Å²) in [6.07, 6.45) is 1.89. The van der Waals surface area contributed by atoms with Crippen LogP contribution in [-0.2, 0) is 0 Å². The normalized spacial score (nSPS) is 11.9. The molecule has 0 aliphatic carbocycles. The first kappa shape index (κ1) is 36.6. The molecule has 14 rings (SSSR count). The molecule has 0 bridgehead atoms. The van der Waals surface area contributed by atoms with Gasteiger partial charge in [0.1, 0.15) is 5.58 Å². The Hall–Kier alpha value is -8.86. The molecule has 0 N–H and O–H groups in total. The smallest absolute Gasteiger partial charge is 0.134 e. The van der Waals surface area contributed by atoms with E-state index in [0.29, 0.717) is 0 Å². The Morgan fingerprint density at radius 2 is 0.621 bits per heavy atom. The second-order valence-electron chi connectivity index (χ2n) is 17.3. The number of nitrogens with zero attached hydrogens (tertiary/aromatic N) is 3. The maximum atomic E-state index is 6.14. The fraction of sp³-hybridized carbons (Fsp3) is 0. The Labute approximate surface area is 380 Å². The summed E-state index contributed by atoms with van der Waals surface area (Å²) in [5.41, 5.74) is 18.3. The largest absolute Gasteiger partial charge is 0.464 e. The Bertz CT molecular complexity index is 3990. The van der Waals surface area contributed by atoms with E-state index in [-0.39, 0.29) is 0 Å². The molecule has 14 aromatic rings. The van der Waals surface area contributed by atoms with E-state index in [1.807, 2.05) is 6.26 Å². The molecular weight excluding hydrogens is 803 g/mol. The van der Waals surface area contributed by atoms with Gasteiger partial charge in [0.2, 0.25) is 0 Å². The molecule has 4 heterocycles. The molecule has 0 spiro atoms. The molecular formula is C62H39N3O. The summed E-state index contributed by atoms with van der Waals surface area (Å²) in [7, 11) is 0. The number of hydrogen-bond acceptors (Lipinski definition) is 1. The van der Waals surface area contributed by atoms with Crippen LogP contribution in [-0.4, -0.2) is 13.7 Å². The minimum Gasteiger partial charge on any atom is -0.464 e. The van der Waals surface area contributed by atoms with Gasteiger partial charge in [-0.15, -0.1) is 0 Å². The van der Waals surface area contributed by atoms with Crippen LogP contribution >= 0.6 is 0 Å². The quantitative estimate of drug-likeness (QED) is 0.164. The molecule has 0 radical (unpaired) electrons. The molecule has 10 aromatic carbocycles. The lowest BCUT2D eigenvalue weighted by Gasteiger charge is -2.10. The van der Waals surface area contributed by atoms with Crippen molar-refractivity contribution in [2.75, 3.05) is 0 Å². The van der Waals surface area contributed by atoms with Gasteiger partial charge in [0.25, 0.3) is 0 Å². The second-order valence-corrected chi connectivity index (χ2v) is 17.3. The highest BCUT2D eigenvalue weighted by atomic mass is 16.3. The molecule has 0 amide bonds. The fourth-order valence-electron chi connectivity index (χ4n) is 10.7. The van der Waals surface area contributed by atoms with Crippen molar-refractivity contribution in [3.05, 3.63) is 237 Å². The van der Waals surface area contributed by atoms with Gasteiger partial charge in [-0.25, -0.2) is 0 Å². The predicted molar refractivity (Wildman–Crippen MR) is 276 cm³/mol. The van der Waals surface area contributed by atoms with Crippen molar-refractivity contribution in [2.24, 2.45) is 0 Å². The van der Waals surface area contributed by atoms with Crippen LogP contribution in [0.1, 0.15) is 0 Å². The molecule has 66 heavy (non-hydrogen) atoms. The summed E-state index contributed by atoms with van der Waals surface area (Å²) in [5, 5.41) is 8.46. The van der Waals surface area contributed by atoms with E-state index in [9.17, 15) is 0 Å². The standard InChI is InChI=1S/C62H39N3O/c1-4-14-40(15-5-1)55-39-66-62-33-28-47(38-54(55)62)65-60-31-26-43(41-24-29-58-50(34-41)48-20-10-12-22-56(48)63(58)45-16-6-2-7-17-45)36-52(60)53-37-44(27-32-61(53)65)42-25-30-59-51(35-42)49-21-11-13-23-57(49)64(59)46-18-8-3-9-19-46/h1-39H. The molecule has 0 aliphatic rings. The van der Waals surface area contributed by atoms with Gasteiger partial charge in [0.05, 0.1) is 39.4 Å². The molecule has 4 nitrogen and oxygen atoms in total. The third kappa shape index (κ3) is 5.52. The highest BCUT2D eigenvalue weighted by Gasteiger charge is 2.19. The molecule has 0 aliphatic heterocycles. The van der Waals surface area contributed by atoms with Crippen LogP contribution in [0.3, 0.4) is 0 Å². The number of benzene rings is 10. The monoisotopic (exact) mass is 841 g/mol. The first-order chi connectivity index (χ1) is 32.7. The van der Waals surface area contributed by atoms with E-state index in [0.717, 1.165) is 50.2 Å². The number of hydrogen-bond donors (Lipinski definition) is 0. The maximum Gasteiger partial charge on any atom is 0.134 e. The van der Waals surface area contributed by atoms with Gasteiger partial charge in [-0.3, -0.25) is 0 Å². The van der Waals surface area contributed by atoms with E-state index in [1.165, 1.54) is 76.6 Å². The Morgan fingerprint density at radius 1 is 0.242 bits per heavy atom. The SMILES string of the molecule is c1ccc(-c2coc3ccc(-n4c5ccc(-c6ccc7c(c6)c6ccccc6n7-c6ccccc6)cc5c5cc(-c6ccc7c(c6)c6ccccc6n7-c6ccccc6)ccc54)cc23)cc1. The molecule has 4 heteroatoms. The number of furan rings is 1. The number of aromatic nitrogens is 3. The van der Waals surface area contributed by atoms with Gasteiger partial charge in [-0.05, 0) is 131 Å². The van der Waals surface area contributed by atoms with Crippen LogP contribution in [0.15, 0.2) is 241 Å². The minimum absolute atomic E-state index is 0.871. The lowest BCUT2D eigenvalue weighted by molar-refractivity contribution is 0.617. The van der Waals surface area contributed by atoms with Crippen molar-refractivity contribution in [1.29, 1.82) is 0 Å². The summed E-state index contributed by atoms with van der Waals surface area (Å²) >= 11 is 0. The van der Waals surface area contributed by atoms with Gasteiger partial charge >= 0.3 is 0 Å². The van der Waals surface area contributed by atoms with E-state index in [4.69, 9.17) is 4.42 Å². The number of fused-ring (bicyclic) bond motifs is 10. The van der Waals surface area contributed by atoms with E-state index >= 15 is 0 Å². The first-order valence-electron chi connectivity index (χ1n) is 22.6. The predicted octanol–water partition coefficient (Wildman–Crippen LogP) is 16.7. The lowest BCUT2D eigenvalue weighted by atomic mass is 9.98. The first-order valence-corrected chi connectivity index (χ1v) is 22.6. The van der Waals surface area contributed by atoms with Gasteiger partial charge in [0.15, 0.2) is 0 Å². The van der Waals surface area contributed by atoms with Crippen LogP contribution < -0.4 is 0 Å². The second kappa shape index (κ2) is 14.3. The number of para-hydroxylation sites is 4. The van der Waals surface area contributed by atoms with Crippen LogP contribution in [0.25, 0.3) is 127 Å². The van der Waals surface area contributed by atoms with Crippen LogP contribution in [0.2, 0.25) is 0 Å². The van der Waals surface area contributed by atoms with Crippen molar-refractivity contribution in [3.63, 3.8) is 0 Å². The van der Waals surface area contributed by atoms with Gasteiger partial charge in [-0.2, -0.15) is 0 Å². The molecule has 0 atom stereocenters. The topological polar surface area (TPSA) is 27.9 Å². The highest BCUT2D eigenvalue weighted by molar-refractivity contribution is 6.15. The molecule has 308 valence electrons. The lowest BCUT2D eigenvalue weighted by Crippen LogP contribution is -1.94. The third-order valence-corrected chi connectivity index (χ3v) is 13.7. The van der Waals surface area contributed by atoms with Crippen molar-refractivity contribution in [3.8, 4) is 50.4 Å². The van der Waals surface area contributed by atoms with Crippen molar-refractivity contribution in [1.82, 2.24) is 13.7 Å². The van der Waals surface area contributed by atoms with E-state index in [1.54, 1.807) is 0 Å². The zero-order valence-corrected chi connectivity index (χ0v) is 35.8. The Morgan fingerprint density at radius 3 is 1.09 bits per heavy atom. The summed E-state index contributed by atoms with van der Waals surface area (Å²) in [5.74, 6) is 0.